The summed E-state index contributed by atoms with van der Waals surface area (Å²) in [6, 6.07) is 0. The molecule has 72 valence electrons. The predicted octanol–water partition coefficient (Wildman–Crippen LogP) is 0.656. The van der Waals surface area contributed by atoms with Crippen molar-refractivity contribution in [2.24, 2.45) is 5.92 Å². The van der Waals surface area contributed by atoms with Gasteiger partial charge in [-0.15, -0.1) is 0 Å². The monoisotopic (exact) mass is 177 g/mol. The standard InChI is InChI=1S/C7H15NO4/c1-3-6(5-8(10)11)7(9)12-4-2/h6,10-11H,3-5H2,1-2H3. The molecule has 0 aliphatic heterocycles. The maximum atomic E-state index is 11.0. The summed E-state index contributed by atoms with van der Waals surface area (Å²) in [4.78, 5) is 11.0. The van der Waals surface area contributed by atoms with E-state index in [1.54, 1.807) is 13.8 Å². The van der Waals surface area contributed by atoms with E-state index in [9.17, 15) is 4.79 Å². The van der Waals surface area contributed by atoms with E-state index in [0.717, 1.165) is 0 Å². The van der Waals surface area contributed by atoms with E-state index in [1.807, 2.05) is 0 Å². The van der Waals surface area contributed by atoms with Crippen LogP contribution in [0.15, 0.2) is 0 Å². The maximum absolute atomic E-state index is 11.0. The van der Waals surface area contributed by atoms with Crippen LogP contribution in [0.3, 0.4) is 0 Å². The number of carbonyl (C=O) groups excluding carboxylic acids is 1. The summed E-state index contributed by atoms with van der Waals surface area (Å²) in [5, 5.41) is 16.9. The second-order valence-corrected chi connectivity index (χ2v) is 2.41. The number of hydrogen-bond acceptors (Lipinski definition) is 5. The lowest BCUT2D eigenvalue weighted by molar-refractivity contribution is -0.311. The van der Waals surface area contributed by atoms with Gasteiger partial charge in [-0.1, -0.05) is 12.2 Å². The van der Waals surface area contributed by atoms with E-state index in [-0.39, 0.29) is 11.8 Å². The molecule has 0 spiro atoms. The SMILES string of the molecule is CCOC(=O)C(CC)CN(O)O. The van der Waals surface area contributed by atoms with E-state index in [1.165, 1.54) is 0 Å². The molecule has 0 radical (unpaired) electrons. The van der Waals surface area contributed by atoms with Gasteiger partial charge in [0, 0.05) is 0 Å². The first kappa shape index (κ1) is 11.4. The van der Waals surface area contributed by atoms with Crippen molar-refractivity contribution in [3.63, 3.8) is 0 Å². The Labute approximate surface area is 71.5 Å². The van der Waals surface area contributed by atoms with Crippen molar-refractivity contribution >= 4 is 5.97 Å². The third-order valence-electron chi connectivity index (χ3n) is 1.50. The third-order valence-corrected chi connectivity index (χ3v) is 1.50. The Balaban J connectivity index is 3.87. The van der Waals surface area contributed by atoms with Crippen LogP contribution in [0, 0.1) is 5.92 Å². The molecule has 5 nitrogen and oxygen atoms in total. The number of ether oxygens (including phenoxy) is 1. The molecule has 0 aromatic carbocycles. The molecule has 0 heterocycles. The van der Waals surface area contributed by atoms with Crippen LogP contribution in [0.2, 0.25) is 0 Å². The number of nitrogens with zero attached hydrogens (tertiary/aromatic N) is 1. The van der Waals surface area contributed by atoms with Gasteiger partial charge < -0.3 is 4.74 Å². The van der Waals surface area contributed by atoms with Gasteiger partial charge in [-0.3, -0.25) is 15.2 Å². The van der Waals surface area contributed by atoms with E-state index in [2.05, 4.69) is 0 Å². The topological polar surface area (TPSA) is 70.0 Å². The van der Waals surface area contributed by atoms with Gasteiger partial charge in [0.15, 0.2) is 0 Å². The average molecular weight is 177 g/mol. The smallest absolute Gasteiger partial charge is 0.310 e. The summed E-state index contributed by atoms with van der Waals surface area (Å²) in [6.45, 7) is 3.69. The van der Waals surface area contributed by atoms with Gasteiger partial charge in [-0.2, -0.15) is 0 Å². The molecular formula is C7H15NO4. The van der Waals surface area contributed by atoms with Gasteiger partial charge >= 0.3 is 5.97 Å². The molecule has 0 fully saturated rings. The molecule has 0 aromatic heterocycles. The normalized spacial score (nSPS) is 13.1. The molecule has 0 aliphatic carbocycles. The van der Waals surface area contributed by atoms with Gasteiger partial charge in [0.1, 0.15) is 0 Å². The Morgan fingerprint density at radius 3 is 2.42 bits per heavy atom. The van der Waals surface area contributed by atoms with Crippen molar-refractivity contribution in [3.8, 4) is 0 Å². The second-order valence-electron chi connectivity index (χ2n) is 2.41. The first-order valence-electron chi connectivity index (χ1n) is 3.93. The highest BCUT2D eigenvalue weighted by molar-refractivity contribution is 5.72. The van der Waals surface area contributed by atoms with Crippen LogP contribution >= 0.6 is 0 Å². The summed E-state index contributed by atoms with van der Waals surface area (Å²) in [5.74, 6) is -0.868. The predicted molar refractivity (Wildman–Crippen MR) is 40.7 cm³/mol. The minimum absolute atomic E-state index is 0.00505. The van der Waals surface area contributed by atoms with E-state index < -0.39 is 11.9 Å². The zero-order valence-electron chi connectivity index (χ0n) is 7.36. The summed E-state index contributed by atoms with van der Waals surface area (Å²) in [6.07, 6.45) is 0.524. The number of hydrogen-bond donors (Lipinski definition) is 2. The Kier molecular flexibility index (Phi) is 5.61. The lowest BCUT2D eigenvalue weighted by Crippen LogP contribution is -2.29. The third kappa shape index (κ3) is 4.27. The Morgan fingerprint density at radius 2 is 2.08 bits per heavy atom. The summed E-state index contributed by atoms with van der Waals surface area (Å²) in [5.41, 5.74) is 0. The van der Waals surface area contributed by atoms with Crippen molar-refractivity contribution in [1.82, 2.24) is 5.23 Å². The maximum Gasteiger partial charge on any atom is 0.310 e. The molecule has 1 atom stereocenters. The fourth-order valence-corrected chi connectivity index (χ4v) is 0.828. The van der Waals surface area contributed by atoms with E-state index in [0.29, 0.717) is 13.0 Å². The van der Waals surface area contributed by atoms with Gasteiger partial charge in [0.25, 0.3) is 0 Å². The number of rotatable bonds is 5. The van der Waals surface area contributed by atoms with Crippen LogP contribution in [0.4, 0.5) is 0 Å². The Morgan fingerprint density at radius 1 is 1.50 bits per heavy atom. The van der Waals surface area contributed by atoms with Crippen LogP contribution in [0.25, 0.3) is 0 Å². The zero-order valence-corrected chi connectivity index (χ0v) is 7.36. The molecule has 0 aliphatic rings. The highest BCUT2D eigenvalue weighted by atomic mass is 16.8. The molecular weight excluding hydrogens is 162 g/mol. The first-order valence-corrected chi connectivity index (χ1v) is 3.93. The molecule has 0 rings (SSSR count). The lowest BCUT2D eigenvalue weighted by Gasteiger charge is -2.14. The zero-order chi connectivity index (χ0) is 9.56. The van der Waals surface area contributed by atoms with Crippen molar-refractivity contribution < 1.29 is 19.9 Å². The molecule has 0 bridgehead atoms. The van der Waals surface area contributed by atoms with Crippen LogP contribution in [0.5, 0.6) is 0 Å². The molecule has 12 heavy (non-hydrogen) atoms. The number of carbonyl (C=O) groups is 1. The van der Waals surface area contributed by atoms with Crippen molar-refractivity contribution in [1.29, 1.82) is 0 Å². The van der Waals surface area contributed by atoms with Crippen LogP contribution < -0.4 is 0 Å². The second kappa shape index (κ2) is 5.93. The molecule has 2 N–H and O–H groups in total. The van der Waals surface area contributed by atoms with Gasteiger partial charge in [-0.25, -0.2) is 0 Å². The van der Waals surface area contributed by atoms with Crippen molar-refractivity contribution in [3.05, 3.63) is 0 Å². The van der Waals surface area contributed by atoms with Gasteiger partial charge in [0.05, 0.1) is 19.1 Å². The van der Waals surface area contributed by atoms with Crippen molar-refractivity contribution in [2.45, 2.75) is 20.3 Å². The molecule has 5 heteroatoms. The Hall–Kier alpha value is -0.650. The minimum atomic E-state index is -0.472. The Bertz CT molecular complexity index is 137. The first-order chi connectivity index (χ1) is 5.61. The average Bonchev–Trinajstić information content (AvgIpc) is 2.00. The molecule has 0 saturated heterocycles. The summed E-state index contributed by atoms with van der Waals surface area (Å²) >= 11 is 0. The molecule has 1 unspecified atom stereocenters. The highest BCUT2D eigenvalue weighted by Crippen LogP contribution is 2.05. The summed E-state index contributed by atoms with van der Waals surface area (Å²) < 4.78 is 4.71. The molecule has 0 aromatic rings. The van der Waals surface area contributed by atoms with E-state index in [4.69, 9.17) is 15.2 Å². The van der Waals surface area contributed by atoms with Crippen molar-refractivity contribution in [2.75, 3.05) is 13.2 Å². The van der Waals surface area contributed by atoms with Gasteiger partial charge in [-0.05, 0) is 13.3 Å². The largest absolute Gasteiger partial charge is 0.466 e. The fourth-order valence-electron chi connectivity index (χ4n) is 0.828. The minimum Gasteiger partial charge on any atom is -0.466 e. The highest BCUT2D eigenvalue weighted by Gasteiger charge is 2.19. The summed E-state index contributed by atoms with van der Waals surface area (Å²) in [7, 11) is 0. The quantitative estimate of drug-likeness (QED) is 0.476. The van der Waals surface area contributed by atoms with Crippen LogP contribution in [-0.2, 0) is 9.53 Å². The fraction of sp³-hybridized carbons (Fsp3) is 0.857. The number of esters is 1. The van der Waals surface area contributed by atoms with Gasteiger partial charge in [0.2, 0.25) is 0 Å². The lowest BCUT2D eigenvalue weighted by atomic mass is 10.1. The van der Waals surface area contributed by atoms with Crippen LogP contribution in [0.1, 0.15) is 20.3 Å². The molecule has 0 amide bonds. The molecule has 0 saturated carbocycles. The van der Waals surface area contributed by atoms with Crippen LogP contribution in [-0.4, -0.2) is 34.8 Å². The number of hydroxylamine groups is 2. The van der Waals surface area contributed by atoms with E-state index >= 15 is 0 Å².